The van der Waals surface area contributed by atoms with E-state index in [0.29, 0.717) is 11.5 Å². The average molecular weight is 254 g/mol. The summed E-state index contributed by atoms with van der Waals surface area (Å²) in [5.41, 5.74) is -0.170. The lowest BCUT2D eigenvalue weighted by Crippen LogP contribution is -2.23. The van der Waals surface area contributed by atoms with Gasteiger partial charge in [-0.15, -0.1) is 0 Å². The second-order valence-electron chi connectivity index (χ2n) is 4.39. The standard InChI is InChI=1S/C12H16O4.C2H6/c1-12(2,3)16-9-6-5-8(11(13)14)7-10(9)15-4;1-2/h5-7H,1-4H3,(H,13,14);1-2H3. The van der Waals surface area contributed by atoms with Crippen molar-refractivity contribution >= 4 is 5.97 Å². The number of ether oxygens (including phenoxy) is 2. The van der Waals surface area contributed by atoms with Crippen molar-refractivity contribution in [3.63, 3.8) is 0 Å². The van der Waals surface area contributed by atoms with Crippen molar-refractivity contribution in [3.05, 3.63) is 23.8 Å². The predicted molar refractivity (Wildman–Crippen MR) is 71.7 cm³/mol. The lowest BCUT2D eigenvalue weighted by Gasteiger charge is -2.22. The fourth-order valence-corrected chi connectivity index (χ4v) is 1.21. The summed E-state index contributed by atoms with van der Waals surface area (Å²) in [5.74, 6) is -0.0181. The van der Waals surface area contributed by atoms with Gasteiger partial charge in [-0.3, -0.25) is 0 Å². The minimum absolute atomic E-state index is 0.179. The number of hydrogen-bond acceptors (Lipinski definition) is 3. The van der Waals surface area contributed by atoms with Crippen LogP contribution in [0, 0.1) is 0 Å². The van der Waals surface area contributed by atoms with Crippen molar-refractivity contribution in [3.8, 4) is 11.5 Å². The Balaban J connectivity index is 0.00000137. The molecular weight excluding hydrogens is 232 g/mol. The SMILES string of the molecule is CC.COc1cc(C(=O)O)ccc1OC(C)(C)C. The lowest BCUT2D eigenvalue weighted by molar-refractivity contribution is 0.0696. The number of carbonyl (C=O) groups is 1. The van der Waals surface area contributed by atoms with Crippen LogP contribution in [-0.4, -0.2) is 23.8 Å². The van der Waals surface area contributed by atoms with E-state index in [-0.39, 0.29) is 11.2 Å². The van der Waals surface area contributed by atoms with Crippen LogP contribution in [0.15, 0.2) is 18.2 Å². The molecule has 1 aromatic rings. The Morgan fingerprint density at radius 1 is 1.17 bits per heavy atom. The van der Waals surface area contributed by atoms with Crippen LogP contribution in [-0.2, 0) is 0 Å². The zero-order chi connectivity index (χ0) is 14.3. The van der Waals surface area contributed by atoms with Crippen LogP contribution >= 0.6 is 0 Å². The molecule has 1 aromatic carbocycles. The fraction of sp³-hybridized carbons (Fsp3) is 0.500. The normalized spacial score (nSPS) is 10.1. The van der Waals surface area contributed by atoms with Gasteiger partial charge in [-0.1, -0.05) is 13.8 Å². The minimum atomic E-state index is -0.986. The van der Waals surface area contributed by atoms with Gasteiger partial charge in [0.1, 0.15) is 5.60 Å². The van der Waals surface area contributed by atoms with Crippen LogP contribution in [0.5, 0.6) is 11.5 Å². The second kappa shape index (κ2) is 6.89. The highest BCUT2D eigenvalue weighted by molar-refractivity contribution is 5.88. The molecule has 0 spiro atoms. The summed E-state index contributed by atoms with van der Waals surface area (Å²) < 4.78 is 10.7. The molecular formula is C14H22O4. The Labute approximate surface area is 109 Å². The fourth-order valence-electron chi connectivity index (χ4n) is 1.21. The van der Waals surface area contributed by atoms with Crippen LogP contribution in [0.25, 0.3) is 0 Å². The first-order valence-electron chi connectivity index (χ1n) is 5.94. The summed E-state index contributed by atoms with van der Waals surface area (Å²) in [7, 11) is 1.48. The molecule has 0 fully saturated rings. The van der Waals surface area contributed by atoms with Gasteiger partial charge in [0.25, 0.3) is 0 Å². The Morgan fingerprint density at radius 3 is 2.11 bits per heavy atom. The highest BCUT2D eigenvalue weighted by atomic mass is 16.5. The first kappa shape index (κ1) is 16.3. The van der Waals surface area contributed by atoms with Crippen molar-refractivity contribution in [2.75, 3.05) is 7.11 Å². The molecule has 0 unspecified atom stereocenters. The van der Waals surface area contributed by atoms with E-state index in [9.17, 15) is 4.79 Å². The monoisotopic (exact) mass is 254 g/mol. The molecule has 0 aliphatic heterocycles. The van der Waals surface area contributed by atoms with E-state index in [0.717, 1.165) is 0 Å². The zero-order valence-electron chi connectivity index (χ0n) is 11.9. The van der Waals surface area contributed by atoms with Gasteiger partial charge in [-0.05, 0) is 39.0 Å². The van der Waals surface area contributed by atoms with Gasteiger partial charge in [0.05, 0.1) is 12.7 Å². The number of aromatic carboxylic acids is 1. The molecule has 18 heavy (non-hydrogen) atoms. The maximum absolute atomic E-state index is 10.8. The second-order valence-corrected chi connectivity index (χ2v) is 4.39. The van der Waals surface area contributed by atoms with Crippen LogP contribution < -0.4 is 9.47 Å². The van der Waals surface area contributed by atoms with Crippen molar-refractivity contribution in [1.29, 1.82) is 0 Å². The molecule has 1 rings (SSSR count). The largest absolute Gasteiger partial charge is 0.493 e. The van der Waals surface area contributed by atoms with Crippen molar-refractivity contribution in [2.24, 2.45) is 0 Å². The van der Waals surface area contributed by atoms with Crippen LogP contribution in [0.2, 0.25) is 0 Å². The van der Waals surface area contributed by atoms with Gasteiger partial charge in [-0.25, -0.2) is 4.79 Å². The van der Waals surface area contributed by atoms with Gasteiger partial charge in [-0.2, -0.15) is 0 Å². The maximum atomic E-state index is 10.8. The summed E-state index contributed by atoms with van der Waals surface area (Å²) in [6, 6.07) is 4.54. The molecule has 0 aliphatic rings. The summed E-state index contributed by atoms with van der Waals surface area (Å²) in [4.78, 5) is 10.8. The summed E-state index contributed by atoms with van der Waals surface area (Å²) in [6.45, 7) is 9.74. The minimum Gasteiger partial charge on any atom is -0.493 e. The smallest absolute Gasteiger partial charge is 0.335 e. The lowest BCUT2D eigenvalue weighted by atomic mass is 10.1. The van der Waals surface area contributed by atoms with E-state index in [1.807, 2.05) is 34.6 Å². The molecule has 0 saturated carbocycles. The molecule has 0 saturated heterocycles. The average Bonchev–Trinajstić information content (AvgIpc) is 2.30. The first-order chi connectivity index (χ1) is 8.33. The number of hydrogen-bond donors (Lipinski definition) is 1. The molecule has 0 aromatic heterocycles. The number of methoxy groups -OCH3 is 1. The van der Waals surface area contributed by atoms with Gasteiger partial charge >= 0.3 is 5.97 Å². The molecule has 0 heterocycles. The molecule has 0 radical (unpaired) electrons. The third kappa shape index (κ3) is 5.08. The zero-order valence-corrected chi connectivity index (χ0v) is 11.9. The Bertz CT molecular complexity index is 391. The molecule has 0 bridgehead atoms. The van der Waals surface area contributed by atoms with Gasteiger partial charge < -0.3 is 14.6 Å². The number of carboxylic acid groups (broad SMARTS) is 1. The Morgan fingerprint density at radius 2 is 1.72 bits per heavy atom. The number of rotatable bonds is 3. The third-order valence-electron chi connectivity index (χ3n) is 1.83. The van der Waals surface area contributed by atoms with E-state index < -0.39 is 5.97 Å². The number of carboxylic acids is 1. The number of benzene rings is 1. The van der Waals surface area contributed by atoms with E-state index in [1.54, 1.807) is 6.07 Å². The maximum Gasteiger partial charge on any atom is 0.335 e. The molecule has 0 atom stereocenters. The van der Waals surface area contributed by atoms with E-state index in [4.69, 9.17) is 14.6 Å². The van der Waals surface area contributed by atoms with Crippen LogP contribution in [0.4, 0.5) is 0 Å². The van der Waals surface area contributed by atoms with E-state index in [1.165, 1.54) is 19.2 Å². The summed E-state index contributed by atoms with van der Waals surface area (Å²) >= 11 is 0. The molecule has 1 N–H and O–H groups in total. The molecule has 4 heteroatoms. The van der Waals surface area contributed by atoms with Crippen LogP contribution in [0.1, 0.15) is 45.0 Å². The molecule has 0 amide bonds. The molecule has 0 aliphatic carbocycles. The van der Waals surface area contributed by atoms with Crippen molar-refractivity contribution in [1.82, 2.24) is 0 Å². The molecule has 4 nitrogen and oxygen atoms in total. The highest BCUT2D eigenvalue weighted by Crippen LogP contribution is 2.30. The topological polar surface area (TPSA) is 55.8 Å². The van der Waals surface area contributed by atoms with Gasteiger partial charge in [0, 0.05) is 0 Å². The van der Waals surface area contributed by atoms with Gasteiger partial charge in [0.15, 0.2) is 11.5 Å². The first-order valence-corrected chi connectivity index (χ1v) is 5.94. The summed E-state index contributed by atoms with van der Waals surface area (Å²) in [5, 5.41) is 8.83. The van der Waals surface area contributed by atoms with Crippen molar-refractivity contribution < 1.29 is 19.4 Å². The third-order valence-corrected chi connectivity index (χ3v) is 1.83. The van der Waals surface area contributed by atoms with Crippen molar-refractivity contribution in [2.45, 2.75) is 40.2 Å². The van der Waals surface area contributed by atoms with E-state index >= 15 is 0 Å². The Hall–Kier alpha value is -1.71. The summed E-state index contributed by atoms with van der Waals surface area (Å²) in [6.07, 6.45) is 0. The van der Waals surface area contributed by atoms with Crippen LogP contribution in [0.3, 0.4) is 0 Å². The molecule has 102 valence electrons. The van der Waals surface area contributed by atoms with E-state index in [2.05, 4.69) is 0 Å². The highest BCUT2D eigenvalue weighted by Gasteiger charge is 2.16. The quantitative estimate of drug-likeness (QED) is 0.895. The Kier molecular flexibility index (Phi) is 6.23. The van der Waals surface area contributed by atoms with Gasteiger partial charge in [0.2, 0.25) is 0 Å². The predicted octanol–water partition coefficient (Wildman–Crippen LogP) is 3.60.